The summed E-state index contributed by atoms with van der Waals surface area (Å²) in [5.41, 5.74) is 1.56. The average Bonchev–Trinajstić information content (AvgIpc) is 2.62. The van der Waals surface area contributed by atoms with Crippen LogP contribution in [0, 0.1) is 11.7 Å². The van der Waals surface area contributed by atoms with Crippen LogP contribution in [0.1, 0.15) is 28.8 Å². The summed E-state index contributed by atoms with van der Waals surface area (Å²) in [6, 6.07) is 8.37. The second-order valence-corrected chi connectivity index (χ2v) is 6.17. The van der Waals surface area contributed by atoms with Gasteiger partial charge in [-0.05, 0) is 55.0 Å². The number of methoxy groups -OCH3 is 1. The van der Waals surface area contributed by atoms with Gasteiger partial charge in [0.15, 0.2) is 11.6 Å². The predicted molar refractivity (Wildman–Crippen MR) is 89.5 cm³/mol. The van der Waals surface area contributed by atoms with Gasteiger partial charge in [-0.15, -0.1) is 0 Å². The summed E-state index contributed by atoms with van der Waals surface area (Å²) in [6.45, 7) is 1.41. The number of benzene rings is 1. The fourth-order valence-electron chi connectivity index (χ4n) is 3.25. The van der Waals surface area contributed by atoms with Crippen LogP contribution in [0.2, 0.25) is 0 Å². The minimum atomic E-state index is -0.507. The maximum absolute atomic E-state index is 13.8. The van der Waals surface area contributed by atoms with Crippen LogP contribution in [-0.4, -0.2) is 36.0 Å². The van der Waals surface area contributed by atoms with Gasteiger partial charge in [0.1, 0.15) is 0 Å². The molecule has 0 radical (unpaired) electrons. The number of amides is 1. The van der Waals surface area contributed by atoms with Crippen molar-refractivity contribution in [2.24, 2.45) is 5.92 Å². The number of aromatic nitrogens is 1. The lowest BCUT2D eigenvalue weighted by atomic mass is 9.91. The number of halogens is 1. The smallest absolute Gasteiger partial charge is 0.253 e. The molecule has 1 unspecified atom stereocenters. The number of pyridine rings is 1. The van der Waals surface area contributed by atoms with Gasteiger partial charge < -0.3 is 9.64 Å². The summed E-state index contributed by atoms with van der Waals surface area (Å²) in [5.74, 6) is -0.0608. The first-order chi connectivity index (χ1) is 11.7. The molecule has 0 aliphatic carbocycles. The lowest BCUT2D eigenvalue weighted by Crippen LogP contribution is -2.40. The summed E-state index contributed by atoms with van der Waals surface area (Å²) in [5, 5.41) is 0. The van der Waals surface area contributed by atoms with E-state index in [1.165, 1.54) is 24.8 Å². The Bertz CT molecular complexity index is 706. The number of hydrogen-bond acceptors (Lipinski definition) is 3. The fraction of sp³-hybridized carbons (Fsp3) is 0.368. The molecule has 0 saturated carbocycles. The first kappa shape index (κ1) is 16.4. The zero-order chi connectivity index (χ0) is 16.9. The second-order valence-electron chi connectivity index (χ2n) is 6.17. The number of carbonyl (C=O) groups is 1. The molecule has 5 heteroatoms. The van der Waals surface area contributed by atoms with E-state index >= 15 is 0 Å². The minimum Gasteiger partial charge on any atom is -0.494 e. The Morgan fingerprint density at radius 1 is 1.42 bits per heavy atom. The van der Waals surface area contributed by atoms with Crippen LogP contribution in [0.3, 0.4) is 0 Å². The molecule has 0 bridgehead atoms. The van der Waals surface area contributed by atoms with Crippen molar-refractivity contribution in [2.75, 3.05) is 20.2 Å². The molecule has 1 saturated heterocycles. The van der Waals surface area contributed by atoms with Crippen LogP contribution >= 0.6 is 0 Å². The minimum absolute atomic E-state index is 0.118. The maximum atomic E-state index is 13.8. The van der Waals surface area contributed by atoms with Crippen molar-refractivity contribution in [1.29, 1.82) is 0 Å². The molecule has 1 aromatic carbocycles. The highest BCUT2D eigenvalue weighted by Gasteiger charge is 2.25. The number of hydrogen-bond donors (Lipinski definition) is 0. The summed E-state index contributed by atoms with van der Waals surface area (Å²) in [4.78, 5) is 18.6. The topological polar surface area (TPSA) is 42.4 Å². The number of nitrogens with zero attached hydrogens (tertiary/aromatic N) is 2. The Labute approximate surface area is 141 Å². The molecular weight excluding hydrogens is 307 g/mol. The monoisotopic (exact) mass is 328 g/mol. The third kappa shape index (κ3) is 3.72. The Hall–Kier alpha value is -2.43. The number of piperidine rings is 1. The third-order valence-electron chi connectivity index (χ3n) is 4.45. The molecule has 0 N–H and O–H groups in total. The standard InChI is InChI=1S/C19H21FN2O2/c1-24-18-7-6-16(11-17(18)20)19(23)22-9-3-5-15(13-22)10-14-4-2-8-21-12-14/h2,4,6-8,11-12,15H,3,5,9-10,13H2,1H3. The van der Waals surface area contributed by atoms with E-state index in [9.17, 15) is 9.18 Å². The van der Waals surface area contributed by atoms with Crippen molar-refractivity contribution < 1.29 is 13.9 Å². The number of likely N-dealkylation sites (tertiary alicyclic amines) is 1. The average molecular weight is 328 g/mol. The molecule has 2 aromatic rings. The molecule has 2 heterocycles. The van der Waals surface area contributed by atoms with Crippen molar-refractivity contribution in [2.45, 2.75) is 19.3 Å². The highest BCUT2D eigenvalue weighted by Crippen LogP contribution is 2.24. The zero-order valence-corrected chi connectivity index (χ0v) is 13.7. The predicted octanol–water partition coefficient (Wildman–Crippen LogP) is 3.32. The molecule has 1 aromatic heterocycles. The summed E-state index contributed by atoms with van der Waals surface area (Å²) >= 11 is 0. The molecule has 1 atom stereocenters. The van der Waals surface area contributed by atoms with Crippen LogP contribution in [0.5, 0.6) is 5.75 Å². The Morgan fingerprint density at radius 2 is 2.29 bits per heavy atom. The third-order valence-corrected chi connectivity index (χ3v) is 4.45. The van der Waals surface area contributed by atoms with E-state index in [0.717, 1.165) is 25.8 Å². The highest BCUT2D eigenvalue weighted by atomic mass is 19.1. The number of carbonyl (C=O) groups excluding carboxylic acids is 1. The summed E-state index contributed by atoms with van der Waals surface area (Å²) < 4.78 is 18.7. The van der Waals surface area contributed by atoms with E-state index in [0.29, 0.717) is 18.0 Å². The molecule has 3 rings (SSSR count). The molecule has 1 aliphatic rings. The van der Waals surface area contributed by atoms with Crippen LogP contribution in [0.4, 0.5) is 4.39 Å². The SMILES string of the molecule is COc1ccc(C(=O)N2CCCC(Cc3cccnc3)C2)cc1F. The van der Waals surface area contributed by atoms with Gasteiger partial charge in [0.05, 0.1) is 7.11 Å². The van der Waals surface area contributed by atoms with Gasteiger partial charge in [0.25, 0.3) is 5.91 Å². The normalized spacial score (nSPS) is 17.6. The lowest BCUT2D eigenvalue weighted by Gasteiger charge is -2.33. The molecule has 1 amide bonds. The quantitative estimate of drug-likeness (QED) is 0.864. The Kier molecular flexibility index (Phi) is 5.08. The molecule has 1 aliphatic heterocycles. The first-order valence-corrected chi connectivity index (χ1v) is 8.19. The van der Waals surface area contributed by atoms with Crippen molar-refractivity contribution in [1.82, 2.24) is 9.88 Å². The van der Waals surface area contributed by atoms with E-state index in [1.807, 2.05) is 17.2 Å². The van der Waals surface area contributed by atoms with Crippen LogP contribution in [0.25, 0.3) is 0 Å². The second kappa shape index (κ2) is 7.43. The van der Waals surface area contributed by atoms with Gasteiger partial charge in [-0.1, -0.05) is 6.07 Å². The van der Waals surface area contributed by atoms with Crippen molar-refractivity contribution >= 4 is 5.91 Å². The van der Waals surface area contributed by atoms with Crippen LogP contribution in [0.15, 0.2) is 42.7 Å². The molecule has 1 fully saturated rings. The number of ether oxygens (including phenoxy) is 1. The molecular formula is C19H21FN2O2. The molecule has 0 spiro atoms. The largest absolute Gasteiger partial charge is 0.494 e. The van der Waals surface area contributed by atoms with Gasteiger partial charge in [-0.25, -0.2) is 4.39 Å². The zero-order valence-electron chi connectivity index (χ0n) is 13.7. The van der Waals surface area contributed by atoms with E-state index in [2.05, 4.69) is 11.1 Å². The van der Waals surface area contributed by atoms with Crippen molar-refractivity contribution in [3.8, 4) is 5.75 Å². The van der Waals surface area contributed by atoms with E-state index in [4.69, 9.17) is 4.74 Å². The fourth-order valence-corrected chi connectivity index (χ4v) is 3.25. The van der Waals surface area contributed by atoms with Gasteiger partial charge in [-0.2, -0.15) is 0 Å². The van der Waals surface area contributed by atoms with Crippen LogP contribution < -0.4 is 4.74 Å². The lowest BCUT2D eigenvalue weighted by molar-refractivity contribution is 0.0672. The van der Waals surface area contributed by atoms with E-state index in [1.54, 1.807) is 12.3 Å². The summed E-state index contributed by atoms with van der Waals surface area (Å²) in [6.07, 6.45) is 6.61. The van der Waals surface area contributed by atoms with Crippen molar-refractivity contribution in [3.63, 3.8) is 0 Å². The first-order valence-electron chi connectivity index (χ1n) is 8.19. The number of rotatable bonds is 4. The van der Waals surface area contributed by atoms with Gasteiger partial charge >= 0.3 is 0 Å². The molecule has 24 heavy (non-hydrogen) atoms. The highest BCUT2D eigenvalue weighted by molar-refractivity contribution is 5.94. The van der Waals surface area contributed by atoms with Gasteiger partial charge in [0, 0.05) is 31.0 Å². The molecule has 4 nitrogen and oxygen atoms in total. The van der Waals surface area contributed by atoms with Crippen molar-refractivity contribution in [3.05, 3.63) is 59.7 Å². The van der Waals surface area contributed by atoms with Gasteiger partial charge in [0.2, 0.25) is 0 Å². The van der Waals surface area contributed by atoms with E-state index in [-0.39, 0.29) is 11.7 Å². The molecule has 126 valence electrons. The maximum Gasteiger partial charge on any atom is 0.253 e. The summed E-state index contributed by atoms with van der Waals surface area (Å²) in [7, 11) is 1.41. The Balaban J connectivity index is 1.67. The van der Waals surface area contributed by atoms with Crippen LogP contribution in [-0.2, 0) is 6.42 Å². The van der Waals surface area contributed by atoms with Gasteiger partial charge in [-0.3, -0.25) is 9.78 Å². The van der Waals surface area contributed by atoms with E-state index < -0.39 is 5.82 Å². The Morgan fingerprint density at radius 3 is 3.00 bits per heavy atom.